The number of anilines is 1. The molecule has 0 aliphatic carbocycles. The SMILES string of the molecule is O=C(Nc1nccs1)C(=O)N1CCC2NNC(Cc3ccccc3)C2C1. The number of likely N-dealkylation sites (tertiary alicyclic amines) is 1. The fourth-order valence-electron chi connectivity index (χ4n) is 3.72. The van der Waals surface area contributed by atoms with Gasteiger partial charge in [-0.2, -0.15) is 0 Å². The van der Waals surface area contributed by atoms with Gasteiger partial charge in [0.15, 0.2) is 5.13 Å². The second-order valence-corrected chi connectivity index (χ2v) is 7.58. The van der Waals surface area contributed by atoms with Gasteiger partial charge >= 0.3 is 11.8 Å². The standard InChI is InChI=1S/C18H21N5O2S/c24-16(20-18-19-7-9-26-18)17(25)23-8-6-14-13(11-23)15(22-21-14)10-12-4-2-1-3-5-12/h1-5,7,9,13-15,21-22H,6,8,10-11H2,(H,19,20,24). The second kappa shape index (κ2) is 7.53. The molecule has 7 nitrogen and oxygen atoms in total. The van der Waals surface area contributed by atoms with Gasteiger partial charge in [0.05, 0.1) is 0 Å². The lowest BCUT2D eigenvalue weighted by atomic mass is 9.85. The molecule has 2 aromatic rings. The molecule has 8 heteroatoms. The minimum atomic E-state index is -0.614. The molecule has 0 saturated carbocycles. The molecule has 2 fully saturated rings. The van der Waals surface area contributed by atoms with Crippen molar-refractivity contribution in [1.82, 2.24) is 20.7 Å². The molecule has 1 aromatic heterocycles. The van der Waals surface area contributed by atoms with E-state index in [2.05, 4.69) is 33.3 Å². The van der Waals surface area contributed by atoms with Gasteiger partial charge in [0.1, 0.15) is 0 Å². The summed E-state index contributed by atoms with van der Waals surface area (Å²) in [6.45, 7) is 1.16. The highest BCUT2D eigenvalue weighted by Crippen LogP contribution is 2.26. The van der Waals surface area contributed by atoms with E-state index in [0.717, 1.165) is 12.8 Å². The first kappa shape index (κ1) is 17.1. The number of benzene rings is 1. The lowest BCUT2D eigenvalue weighted by Gasteiger charge is -2.35. The number of rotatable bonds is 3. The van der Waals surface area contributed by atoms with Crippen LogP contribution in [0.1, 0.15) is 12.0 Å². The lowest BCUT2D eigenvalue weighted by Crippen LogP contribution is -2.51. The van der Waals surface area contributed by atoms with Crippen molar-refractivity contribution in [3.05, 3.63) is 47.5 Å². The Bertz CT molecular complexity index is 767. The predicted octanol–water partition coefficient (Wildman–Crippen LogP) is 1.02. The normalized spacial score (nSPS) is 24.9. The summed E-state index contributed by atoms with van der Waals surface area (Å²) in [6, 6.07) is 10.9. The van der Waals surface area contributed by atoms with Gasteiger partial charge in [-0.3, -0.25) is 25.8 Å². The summed E-state index contributed by atoms with van der Waals surface area (Å²) in [6.07, 6.45) is 3.32. The molecule has 26 heavy (non-hydrogen) atoms. The Morgan fingerprint density at radius 3 is 2.88 bits per heavy atom. The highest BCUT2D eigenvalue weighted by atomic mass is 32.1. The van der Waals surface area contributed by atoms with Gasteiger partial charge < -0.3 is 4.90 Å². The van der Waals surface area contributed by atoms with E-state index >= 15 is 0 Å². The number of hydrazine groups is 1. The first-order chi connectivity index (χ1) is 12.7. The van der Waals surface area contributed by atoms with Gasteiger partial charge in [0.2, 0.25) is 0 Å². The van der Waals surface area contributed by atoms with Crippen molar-refractivity contribution in [2.75, 3.05) is 18.4 Å². The van der Waals surface area contributed by atoms with Crippen LogP contribution in [0.4, 0.5) is 5.13 Å². The van der Waals surface area contributed by atoms with Crippen LogP contribution in [0.15, 0.2) is 41.9 Å². The molecular weight excluding hydrogens is 350 g/mol. The second-order valence-electron chi connectivity index (χ2n) is 6.69. The number of fused-ring (bicyclic) bond motifs is 1. The van der Waals surface area contributed by atoms with E-state index < -0.39 is 11.8 Å². The fourth-order valence-corrected chi connectivity index (χ4v) is 4.25. The summed E-state index contributed by atoms with van der Waals surface area (Å²) < 4.78 is 0. The molecule has 2 saturated heterocycles. The van der Waals surface area contributed by atoms with E-state index in [1.54, 1.807) is 16.5 Å². The summed E-state index contributed by atoms with van der Waals surface area (Å²) >= 11 is 1.30. The maximum absolute atomic E-state index is 12.5. The molecule has 0 spiro atoms. The number of nitrogens with one attached hydrogen (secondary N) is 3. The number of piperidine rings is 1. The largest absolute Gasteiger partial charge is 0.334 e. The molecule has 2 aliphatic heterocycles. The van der Waals surface area contributed by atoms with Gasteiger partial charge in [-0.1, -0.05) is 30.3 Å². The quantitative estimate of drug-likeness (QED) is 0.702. The predicted molar refractivity (Wildman–Crippen MR) is 99.4 cm³/mol. The number of hydrogen-bond acceptors (Lipinski definition) is 6. The minimum absolute atomic E-state index is 0.236. The molecule has 3 N–H and O–H groups in total. The molecule has 2 aliphatic rings. The van der Waals surface area contributed by atoms with Crippen molar-refractivity contribution in [2.24, 2.45) is 5.92 Å². The van der Waals surface area contributed by atoms with Gasteiger partial charge in [-0.15, -0.1) is 11.3 Å². The molecule has 136 valence electrons. The number of carbonyl (C=O) groups is 2. The van der Waals surface area contributed by atoms with Crippen LogP contribution < -0.4 is 16.2 Å². The van der Waals surface area contributed by atoms with Crippen molar-refractivity contribution in [1.29, 1.82) is 0 Å². The van der Waals surface area contributed by atoms with E-state index in [-0.39, 0.29) is 12.0 Å². The van der Waals surface area contributed by atoms with E-state index in [4.69, 9.17) is 0 Å². The van der Waals surface area contributed by atoms with Crippen LogP contribution >= 0.6 is 11.3 Å². The van der Waals surface area contributed by atoms with Crippen LogP contribution in [0.2, 0.25) is 0 Å². The van der Waals surface area contributed by atoms with Crippen molar-refractivity contribution in [2.45, 2.75) is 24.9 Å². The number of carbonyl (C=O) groups excluding carboxylic acids is 2. The lowest BCUT2D eigenvalue weighted by molar-refractivity contribution is -0.144. The first-order valence-corrected chi connectivity index (χ1v) is 9.63. The van der Waals surface area contributed by atoms with Gasteiger partial charge in [-0.25, -0.2) is 4.98 Å². The zero-order valence-electron chi connectivity index (χ0n) is 14.2. The molecule has 3 heterocycles. The van der Waals surface area contributed by atoms with Gasteiger partial charge in [0, 0.05) is 42.7 Å². The number of amides is 2. The average molecular weight is 371 g/mol. The van der Waals surface area contributed by atoms with Crippen LogP contribution in [-0.2, 0) is 16.0 Å². The van der Waals surface area contributed by atoms with Crippen LogP contribution in [0.3, 0.4) is 0 Å². The molecule has 2 amide bonds. The van der Waals surface area contributed by atoms with Gasteiger partial charge in [-0.05, 0) is 18.4 Å². The maximum atomic E-state index is 12.5. The zero-order chi connectivity index (χ0) is 17.9. The Morgan fingerprint density at radius 2 is 2.12 bits per heavy atom. The third kappa shape index (κ3) is 3.62. The highest BCUT2D eigenvalue weighted by Gasteiger charge is 2.41. The number of aromatic nitrogens is 1. The summed E-state index contributed by atoms with van der Waals surface area (Å²) in [7, 11) is 0. The van der Waals surface area contributed by atoms with Crippen molar-refractivity contribution >= 4 is 28.3 Å². The Labute approximate surface area is 155 Å². The number of hydrogen-bond donors (Lipinski definition) is 3. The number of thiazole rings is 1. The average Bonchev–Trinajstić information content (AvgIpc) is 3.32. The van der Waals surface area contributed by atoms with Crippen LogP contribution in [0.5, 0.6) is 0 Å². The van der Waals surface area contributed by atoms with E-state index in [1.807, 2.05) is 18.2 Å². The van der Waals surface area contributed by atoms with Crippen LogP contribution in [0, 0.1) is 5.92 Å². The zero-order valence-corrected chi connectivity index (χ0v) is 15.0. The smallest absolute Gasteiger partial charge is 0.315 e. The van der Waals surface area contributed by atoms with Crippen molar-refractivity contribution < 1.29 is 9.59 Å². The summed E-state index contributed by atoms with van der Waals surface area (Å²) in [5.74, 6) is -0.818. The van der Waals surface area contributed by atoms with Crippen LogP contribution in [0.25, 0.3) is 0 Å². The first-order valence-electron chi connectivity index (χ1n) is 8.75. The monoisotopic (exact) mass is 371 g/mol. The molecule has 0 radical (unpaired) electrons. The maximum Gasteiger partial charge on any atom is 0.315 e. The topological polar surface area (TPSA) is 86.4 Å². The Kier molecular flexibility index (Phi) is 4.96. The van der Waals surface area contributed by atoms with Crippen LogP contribution in [-0.4, -0.2) is 46.9 Å². The molecule has 0 bridgehead atoms. The Balaban J connectivity index is 1.39. The summed E-state index contributed by atoms with van der Waals surface area (Å²) in [5.41, 5.74) is 7.99. The Hall–Kier alpha value is -2.29. The molecule has 1 aromatic carbocycles. The third-order valence-electron chi connectivity index (χ3n) is 5.06. The van der Waals surface area contributed by atoms with Crippen molar-refractivity contribution in [3.8, 4) is 0 Å². The van der Waals surface area contributed by atoms with E-state index in [0.29, 0.717) is 24.3 Å². The summed E-state index contributed by atoms with van der Waals surface area (Å²) in [4.78, 5) is 30.4. The minimum Gasteiger partial charge on any atom is -0.334 e. The van der Waals surface area contributed by atoms with E-state index in [9.17, 15) is 9.59 Å². The third-order valence-corrected chi connectivity index (χ3v) is 5.75. The van der Waals surface area contributed by atoms with E-state index in [1.165, 1.54) is 16.9 Å². The molecule has 3 unspecified atom stereocenters. The summed E-state index contributed by atoms with van der Waals surface area (Å²) in [5, 5.41) is 4.78. The van der Waals surface area contributed by atoms with Crippen molar-refractivity contribution in [3.63, 3.8) is 0 Å². The highest BCUT2D eigenvalue weighted by molar-refractivity contribution is 7.13. The Morgan fingerprint density at radius 1 is 1.27 bits per heavy atom. The molecule has 3 atom stereocenters. The molecular formula is C18H21N5O2S. The molecule has 4 rings (SSSR count). The number of nitrogens with zero attached hydrogens (tertiary/aromatic N) is 2. The fraction of sp³-hybridized carbons (Fsp3) is 0.389. The van der Waals surface area contributed by atoms with Gasteiger partial charge in [0.25, 0.3) is 0 Å².